The monoisotopic (exact) mass is 486 g/mol. The minimum Gasteiger partial charge on any atom is -0.870 e. The Bertz CT molecular complexity index is 899. The third-order valence-corrected chi connectivity index (χ3v) is 6.26. The fourth-order valence-corrected chi connectivity index (χ4v) is 4.12. The van der Waals surface area contributed by atoms with Crippen LogP contribution in [0.5, 0.6) is 17.2 Å². The van der Waals surface area contributed by atoms with Gasteiger partial charge in [0.15, 0.2) is 0 Å². The summed E-state index contributed by atoms with van der Waals surface area (Å²) >= 11 is 0. The maximum absolute atomic E-state index is 12.1. The average Bonchev–Trinajstić information content (AvgIpc) is 2.74. The van der Waals surface area contributed by atoms with Crippen LogP contribution in [-0.2, 0) is 16.5 Å². The molecule has 172 valence electrons. The van der Waals surface area contributed by atoms with Crippen molar-refractivity contribution in [2.45, 2.75) is 88.9 Å². The largest absolute Gasteiger partial charge is 1.00 e. The fourth-order valence-electron chi connectivity index (χ4n) is 3.61. The zero-order chi connectivity index (χ0) is 22.5. The molecule has 2 rings (SSSR count). The summed E-state index contributed by atoms with van der Waals surface area (Å²) in [6.45, 7) is 2.24. The van der Waals surface area contributed by atoms with Crippen LogP contribution in [0.2, 0.25) is 0 Å². The predicted molar refractivity (Wildman–Crippen MR) is 122 cm³/mol. The predicted octanol–water partition coefficient (Wildman–Crippen LogP) is 3.66. The molecule has 5 nitrogen and oxygen atoms in total. The zero-order valence-electron chi connectivity index (χ0n) is 19.5. The second-order valence-electron chi connectivity index (χ2n) is 8.12. The van der Waals surface area contributed by atoms with Gasteiger partial charge in [0.2, 0.25) is 0 Å². The molecule has 2 aromatic carbocycles. The van der Waals surface area contributed by atoms with Crippen LogP contribution in [0.25, 0.3) is 0 Å². The molecule has 0 aliphatic carbocycles. The van der Waals surface area contributed by atoms with Gasteiger partial charge in [-0.25, -0.2) is 0 Å². The summed E-state index contributed by atoms with van der Waals surface area (Å²) in [7, 11) is -4.32. The number of hydrogen-bond donors (Lipinski definition) is 1. The maximum atomic E-state index is 12.1. The topological polar surface area (TPSA) is 86.7 Å². The SMILES string of the molecule is CCCCCCCCCCCCCc1ccc([O-])c(Oc2cccc(S(=O)(=O)O)c2)c1.[K+]. The van der Waals surface area contributed by atoms with Gasteiger partial charge in [0.25, 0.3) is 10.1 Å². The molecule has 0 bridgehead atoms. The Hall–Kier alpha value is -0.414. The van der Waals surface area contributed by atoms with Crippen LogP contribution in [0, 0.1) is 0 Å². The van der Waals surface area contributed by atoms with Gasteiger partial charge in [-0.05, 0) is 36.6 Å². The Morgan fingerprint density at radius 3 is 2.03 bits per heavy atom. The Balaban J connectivity index is 0.00000512. The van der Waals surface area contributed by atoms with Gasteiger partial charge in [-0.15, -0.1) is 0 Å². The number of unbranched alkanes of at least 4 members (excludes halogenated alkanes) is 10. The van der Waals surface area contributed by atoms with Crippen molar-refractivity contribution in [1.29, 1.82) is 0 Å². The third kappa shape index (κ3) is 11.6. The first-order valence-corrected chi connectivity index (χ1v) is 12.9. The van der Waals surface area contributed by atoms with E-state index in [9.17, 15) is 13.5 Å². The fraction of sp³-hybridized carbons (Fsp3) is 0.520. The van der Waals surface area contributed by atoms with E-state index in [0.29, 0.717) is 0 Å². The molecule has 32 heavy (non-hydrogen) atoms. The first-order valence-electron chi connectivity index (χ1n) is 11.5. The van der Waals surface area contributed by atoms with Crippen molar-refractivity contribution in [3.63, 3.8) is 0 Å². The van der Waals surface area contributed by atoms with E-state index in [-0.39, 0.29) is 73.5 Å². The van der Waals surface area contributed by atoms with E-state index in [1.54, 1.807) is 12.1 Å². The quantitative estimate of drug-likeness (QED) is 0.236. The van der Waals surface area contributed by atoms with Gasteiger partial charge < -0.3 is 9.84 Å². The molecule has 0 spiro atoms. The zero-order valence-corrected chi connectivity index (χ0v) is 23.5. The Labute approximate surface area is 236 Å². The first-order chi connectivity index (χ1) is 14.9. The molecule has 0 saturated heterocycles. The van der Waals surface area contributed by atoms with Gasteiger partial charge >= 0.3 is 51.4 Å². The first kappa shape index (κ1) is 29.6. The second kappa shape index (κ2) is 16.3. The summed E-state index contributed by atoms with van der Waals surface area (Å²) in [5.41, 5.74) is 1.02. The van der Waals surface area contributed by atoms with Crippen LogP contribution >= 0.6 is 0 Å². The summed E-state index contributed by atoms with van der Waals surface area (Å²) in [4.78, 5) is -0.269. The summed E-state index contributed by atoms with van der Waals surface area (Å²) in [6, 6.07) is 10.5. The standard InChI is InChI=1S/C25H36O5S.K/c1-2-3-4-5-6-7-8-9-10-11-12-14-21-17-18-24(26)25(19-21)30-22-15-13-16-23(20-22)31(27,28)29;/h13,15-20,26H,2-12,14H2,1H3,(H,27,28,29);/q;+1/p-1. The van der Waals surface area contributed by atoms with Crippen LogP contribution in [-0.4, -0.2) is 13.0 Å². The Kier molecular flexibility index (Phi) is 15.0. The van der Waals surface area contributed by atoms with E-state index in [2.05, 4.69) is 6.92 Å². The molecule has 0 fully saturated rings. The number of benzene rings is 2. The summed E-state index contributed by atoms with van der Waals surface area (Å²) < 4.78 is 37.3. The van der Waals surface area contributed by atoms with Crippen molar-refractivity contribution in [3.8, 4) is 17.2 Å². The number of rotatable bonds is 15. The Morgan fingerprint density at radius 2 is 1.44 bits per heavy atom. The molecule has 7 heteroatoms. The molecule has 1 N–H and O–H groups in total. The van der Waals surface area contributed by atoms with Crippen molar-refractivity contribution < 1.29 is 74.2 Å². The van der Waals surface area contributed by atoms with Gasteiger partial charge in [0, 0.05) is 6.07 Å². The van der Waals surface area contributed by atoms with Gasteiger partial charge in [-0.1, -0.05) is 95.1 Å². The second-order valence-corrected chi connectivity index (χ2v) is 9.54. The molecule has 0 amide bonds. The molecule has 0 saturated carbocycles. The van der Waals surface area contributed by atoms with Crippen LogP contribution in [0.15, 0.2) is 47.4 Å². The van der Waals surface area contributed by atoms with Crippen molar-refractivity contribution in [1.82, 2.24) is 0 Å². The molecule has 0 unspecified atom stereocenters. The van der Waals surface area contributed by atoms with Gasteiger partial charge in [-0.3, -0.25) is 4.55 Å². The molecule has 0 atom stereocenters. The van der Waals surface area contributed by atoms with E-state index in [4.69, 9.17) is 9.29 Å². The van der Waals surface area contributed by atoms with Crippen molar-refractivity contribution in [2.24, 2.45) is 0 Å². The Morgan fingerprint density at radius 1 is 0.844 bits per heavy atom. The van der Waals surface area contributed by atoms with Gasteiger partial charge in [0.1, 0.15) is 11.5 Å². The van der Waals surface area contributed by atoms with Crippen molar-refractivity contribution in [3.05, 3.63) is 48.0 Å². The average molecular weight is 487 g/mol. The molecule has 0 radical (unpaired) electrons. The normalized spacial score (nSPS) is 11.2. The summed E-state index contributed by atoms with van der Waals surface area (Å²) in [5, 5.41) is 12.1. The molecular weight excluding hydrogens is 451 g/mol. The third-order valence-electron chi connectivity index (χ3n) is 5.41. The van der Waals surface area contributed by atoms with Crippen LogP contribution in [0.3, 0.4) is 0 Å². The van der Waals surface area contributed by atoms with Crippen molar-refractivity contribution >= 4 is 10.1 Å². The van der Waals surface area contributed by atoms with Crippen LogP contribution in [0.1, 0.15) is 83.1 Å². The van der Waals surface area contributed by atoms with E-state index in [1.165, 1.54) is 88.5 Å². The van der Waals surface area contributed by atoms with E-state index >= 15 is 0 Å². The maximum Gasteiger partial charge on any atom is 1.00 e. The molecule has 0 heterocycles. The minimum absolute atomic E-state index is 0. The summed E-state index contributed by atoms with van der Waals surface area (Å²) in [5.74, 6) is 0.0899. The number of ether oxygens (including phenoxy) is 1. The van der Waals surface area contributed by atoms with Crippen LogP contribution in [0.4, 0.5) is 0 Å². The molecule has 2 aromatic rings. The van der Waals surface area contributed by atoms with E-state index < -0.39 is 10.1 Å². The van der Waals surface area contributed by atoms with Gasteiger partial charge in [0.05, 0.1) is 4.90 Å². The summed E-state index contributed by atoms with van der Waals surface area (Å²) in [6.07, 6.45) is 15.0. The molecular formula is C25H35KO5S. The molecule has 0 aromatic heterocycles. The molecule has 0 aliphatic heterocycles. The van der Waals surface area contributed by atoms with E-state index in [0.717, 1.165) is 18.4 Å². The van der Waals surface area contributed by atoms with Gasteiger partial charge in [-0.2, -0.15) is 8.42 Å². The van der Waals surface area contributed by atoms with Crippen molar-refractivity contribution in [2.75, 3.05) is 0 Å². The number of aryl methyl sites for hydroxylation is 1. The minimum atomic E-state index is -4.32. The molecule has 0 aliphatic rings. The van der Waals surface area contributed by atoms with Crippen LogP contribution < -0.4 is 61.2 Å². The number of hydrogen-bond acceptors (Lipinski definition) is 4. The van der Waals surface area contributed by atoms with E-state index in [1.807, 2.05) is 6.07 Å². The smallest absolute Gasteiger partial charge is 0.870 e.